The first-order chi connectivity index (χ1) is 17.8. The number of halogens is 4. The van der Waals surface area contributed by atoms with Gasteiger partial charge in [0.15, 0.2) is 0 Å². The Balaban J connectivity index is 0.00000267. The van der Waals surface area contributed by atoms with E-state index in [0.717, 1.165) is 22.2 Å². The molecular formula is C27H27Cl4N5O3. The second-order valence-corrected chi connectivity index (χ2v) is 9.06. The number of urea groups is 1. The predicted molar refractivity (Wildman–Crippen MR) is 160 cm³/mol. The summed E-state index contributed by atoms with van der Waals surface area (Å²) in [4.78, 5) is 34.8. The van der Waals surface area contributed by atoms with E-state index in [1.807, 2.05) is 37.3 Å². The summed E-state index contributed by atoms with van der Waals surface area (Å²) in [5.74, 6) is 0.244. The maximum atomic E-state index is 12.8. The summed E-state index contributed by atoms with van der Waals surface area (Å²) in [6, 6.07) is 16.0. The number of nitrogens with one attached hydrogen (secondary N) is 2. The Kier molecular flexibility index (Phi) is 12.1. The van der Waals surface area contributed by atoms with E-state index in [9.17, 15) is 9.59 Å². The second-order valence-electron chi connectivity index (χ2n) is 8.27. The summed E-state index contributed by atoms with van der Waals surface area (Å²) < 4.78 is 6.06. The molecule has 0 aliphatic rings. The summed E-state index contributed by atoms with van der Waals surface area (Å²) >= 11 is 13.1. The Morgan fingerprint density at radius 2 is 1.72 bits per heavy atom. The molecule has 0 saturated heterocycles. The first-order valence-electron chi connectivity index (χ1n) is 11.5. The fraction of sp³-hybridized carbons (Fsp3) is 0.185. The molecule has 0 radical (unpaired) electrons. The third-order valence-electron chi connectivity index (χ3n) is 5.70. The molecule has 3 amide bonds. The zero-order valence-electron chi connectivity index (χ0n) is 21.1. The molecule has 0 fully saturated rings. The highest BCUT2D eigenvalue weighted by atomic mass is 35.5. The number of fused-ring (bicyclic) bond motifs is 1. The molecule has 12 heteroatoms. The molecule has 8 nitrogen and oxygen atoms in total. The molecule has 0 bridgehead atoms. The van der Waals surface area contributed by atoms with E-state index in [0.29, 0.717) is 28.6 Å². The lowest BCUT2D eigenvalue weighted by atomic mass is 10.1. The van der Waals surface area contributed by atoms with Crippen LogP contribution in [0.2, 0.25) is 10.0 Å². The average molecular weight is 611 g/mol. The lowest BCUT2D eigenvalue weighted by Gasteiger charge is -2.21. The smallest absolute Gasteiger partial charge is 0.315 e. The van der Waals surface area contributed by atoms with Gasteiger partial charge in [-0.25, -0.2) is 9.78 Å². The number of aryl methyl sites for hydroxylation is 1. The van der Waals surface area contributed by atoms with Gasteiger partial charge in [0.1, 0.15) is 17.9 Å². The number of pyridine rings is 2. The number of aromatic nitrogens is 2. The number of nitrogens with zero attached hydrogens (tertiary/aromatic N) is 3. The standard InChI is InChI=1S/C27H25Cl2N5O3.2ClH/c1-17-6-7-19-4-3-5-23(26(19)33-17)37-16-20-21(28)8-9-22(25(20)29)34(2)24(35)15-32-27(36)31-14-18-10-12-30-13-11-18;;/h3-13H,14-16H2,1-2H3,(H2,31,32,36);2*1H. The molecule has 4 rings (SSSR count). The zero-order chi connectivity index (χ0) is 26.4. The number of carbonyl (C=O) groups excluding carboxylic acids is 2. The molecule has 2 aromatic carbocycles. The SMILES string of the molecule is Cc1ccc2cccc(OCc3c(Cl)ccc(N(C)C(=O)CNC(=O)NCc4ccncc4)c3Cl)c2n1.Cl.Cl. The van der Waals surface area contributed by atoms with Crippen molar-refractivity contribution in [3.05, 3.63) is 93.9 Å². The first-order valence-corrected chi connectivity index (χ1v) is 12.2. The van der Waals surface area contributed by atoms with E-state index in [2.05, 4.69) is 20.6 Å². The summed E-state index contributed by atoms with van der Waals surface area (Å²) in [7, 11) is 1.58. The van der Waals surface area contributed by atoms with Crippen LogP contribution in [0.5, 0.6) is 5.75 Å². The summed E-state index contributed by atoms with van der Waals surface area (Å²) in [5, 5.41) is 6.91. The van der Waals surface area contributed by atoms with Gasteiger partial charge in [-0.15, -0.1) is 24.8 Å². The molecule has 0 spiro atoms. The highest BCUT2D eigenvalue weighted by Gasteiger charge is 2.19. The van der Waals surface area contributed by atoms with Crippen molar-refractivity contribution < 1.29 is 14.3 Å². The van der Waals surface area contributed by atoms with Crippen molar-refractivity contribution in [2.45, 2.75) is 20.1 Å². The van der Waals surface area contributed by atoms with Crippen LogP contribution >= 0.6 is 48.0 Å². The topological polar surface area (TPSA) is 96.5 Å². The minimum atomic E-state index is -0.464. The van der Waals surface area contributed by atoms with Crippen molar-refractivity contribution in [3.63, 3.8) is 0 Å². The lowest BCUT2D eigenvalue weighted by molar-refractivity contribution is -0.117. The van der Waals surface area contributed by atoms with E-state index in [1.165, 1.54) is 4.90 Å². The summed E-state index contributed by atoms with van der Waals surface area (Å²) in [6.45, 7) is 2.10. The van der Waals surface area contributed by atoms with Crippen LogP contribution in [0.15, 0.2) is 67.0 Å². The molecular weight excluding hydrogens is 584 g/mol. The van der Waals surface area contributed by atoms with E-state index in [1.54, 1.807) is 43.7 Å². The molecule has 39 heavy (non-hydrogen) atoms. The third kappa shape index (κ3) is 8.10. The third-order valence-corrected chi connectivity index (χ3v) is 6.47. The Morgan fingerprint density at radius 3 is 2.46 bits per heavy atom. The molecule has 0 aliphatic heterocycles. The Hall–Kier alpha value is -3.30. The maximum absolute atomic E-state index is 12.8. The van der Waals surface area contributed by atoms with Gasteiger partial charge in [-0.3, -0.25) is 9.78 Å². The van der Waals surface area contributed by atoms with Gasteiger partial charge in [-0.1, -0.05) is 41.4 Å². The Bertz CT molecular complexity index is 1440. The van der Waals surface area contributed by atoms with E-state index in [4.69, 9.17) is 27.9 Å². The van der Waals surface area contributed by atoms with Gasteiger partial charge in [0.2, 0.25) is 5.91 Å². The number of hydrogen-bond acceptors (Lipinski definition) is 5. The highest BCUT2D eigenvalue weighted by Crippen LogP contribution is 2.35. The van der Waals surface area contributed by atoms with Crippen LogP contribution < -0.4 is 20.3 Å². The molecule has 0 atom stereocenters. The number of benzene rings is 2. The fourth-order valence-electron chi connectivity index (χ4n) is 3.61. The Morgan fingerprint density at radius 1 is 0.974 bits per heavy atom. The highest BCUT2D eigenvalue weighted by molar-refractivity contribution is 6.38. The minimum Gasteiger partial charge on any atom is -0.487 e. The van der Waals surface area contributed by atoms with Gasteiger partial charge < -0.3 is 20.3 Å². The van der Waals surface area contributed by atoms with Crippen LogP contribution in [-0.2, 0) is 17.9 Å². The van der Waals surface area contributed by atoms with Gasteiger partial charge in [0.05, 0.1) is 17.3 Å². The minimum absolute atomic E-state index is 0. The van der Waals surface area contributed by atoms with E-state index in [-0.39, 0.29) is 48.9 Å². The molecule has 2 aromatic heterocycles. The largest absolute Gasteiger partial charge is 0.487 e. The second kappa shape index (κ2) is 14.7. The van der Waals surface area contributed by atoms with Crippen molar-refractivity contribution in [2.24, 2.45) is 0 Å². The summed E-state index contributed by atoms with van der Waals surface area (Å²) in [5.41, 5.74) is 3.49. The van der Waals surface area contributed by atoms with Gasteiger partial charge in [0, 0.05) is 47.7 Å². The first kappa shape index (κ1) is 31.9. The maximum Gasteiger partial charge on any atom is 0.315 e. The average Bonchev–Trinajstić information content (AvgIpc) is 2.90. The van der Waals surface area contributed by atoms with Gasteiger partial charge in [0.25, 0.3) is 0 Å². The lowest BCUT2D eigenvalue weighted by Crippen LogP contribution is -2.42. The van der Waals surface area contributed by atoms with Crippen LogP contribution in [0, 0.1) is 6.92 Å². The van der Waals surface area contributed by atoms with Crippen molar-refractivity contribution >= 4 is 76.5 Å². The van der Waals surface area contributed by atoms with Crippen LogP contribution in [0.3, 0.4) is 0 Å². The number of rotatable bonds is 8. The van der Waals surface area contributed by atoms with Gasteiger partial charge in [-0.05, 0) is 48.9 Å². The van der Waals surface area contributed by atoms with Crippen LogP contribution in [0.4, 0.5) is 10.5 Å². The fourth-order valence-corrected chi connectivity index (χ4v) is 4.22. The number of amides is 3. The summed E-state index contributed by atoms with van der Waals surface area (Å²) in [6.07, 6.45) is 3.28. The van der Waals surface area contributed by atoms with E-state index >= 15 is 0 Å². The molecule has 2 heterocycles. The quantitative estimate of drug-likeness (QED) is 0.250. The van der Waals surface area contributed by atoms with Crippen molar-refractivity contribution in [2.75, 3.05) is 18.5 Å². The van der Waals surface area contributed by atoms with E-state index < -0.39 is 6.03 Å². The number of anilines is 1. The normalized spacial score (nSPS) is 10.2. The number of hydrogen-bond donors (Lipinski definition) is 2. The van der Waals surface area contributed by atoms with Gasteiger partial charge >= 0.3 is 6.03 Å². The Labute approximate surface area is 248 Å². The predicted octanol–water partition coefficient (Wildman–Crippen LogP) is 6.13. The van der Waals surface area contributed by atoms with Crippen LogP contribution in [-0.4, -0.2) is 35.5 Å². The van der Waals surface area contributed by atoms with Crippen LogP contribution in [0.25, 0.3) is 10.9 Å². The van der Waals surface area contributed by atoms with Crippen LogP contribution in [0.1, 0.15) is 16.8 Å². The molecule has 206 valence electrons. The number of para-hydroxylation sites is 1. The number of ether oxygens (including phenoxy) is 1. The monoisotopic (exact) mass is 609 g/mol. The van der Waals surface area contributed by atoms with Crippen molar-refractivity contribution in [1.82, 2.24) is 20.6 Å². The molecule has 0 unspecified atom stereocenters. The molecule has 2 N–H and O–H groups in total. The van der Waals surface area contributed by atoms with Crippen molar-refractivity contribution in [1.29, 1.82) is 0 Å². The van der Waals surface area contributed by atoms with Crippen molar-refractivity contribution in [3.8, 4) is 5.75 Å². The zero-order valence-corrected chi connectivity index (χ0v) is 24.3. The van der Waals surface area contributed by atoms with Gasteiger partial charge in [-0.2, -0.15) is 0 Å². The molecule has 0 aliphatic carbocycles. The number of likely N-dealkylation sites (N-methyl/N-ethyl adjacent to an activating group) is 1. The number of carbonyl (C=O) groups is 2. The molecule has 0 saturated carbocycles. The molecule has 4 aromatic rings.